The molecule has 0 bridgehead atoms. The van der Waals surface area contributed by atoms with E-state index in [9.17, 15) is 4.79 Å². The van der Waals surface area contributed by atoms with Crippen LogP contribution in [0, 0.1) is 11.3 Å². The Balaban J connectivity index is 3.56. The number of unbranched alkanes of at least 4 members (excludes halogenated alkanes) is 13. The van der Waals surface area contributed by atoms with Gasteiger partial charge in [-0.1, -0.05) is 125 Å². The molecule has 0 aromatic carbocycles. The average molecular weight is 396 g/mol. The third-order valence-corrected chi connectivity index (χ3v) is 6.43. The van der Waals surface area contributed by atoms with Gasteiger partial charge in [0.05, 0.1) is 0 Å². The Morgan fingerprint density at radius 3 is 1.46 bits per heavy atom. The van der Waals surface area contributed by atoms with Crippen LogP contribution in [0.4, 0.5) is 0 Å². The number of carbonyl (C=O) groups is 1. The van der Waals surface area contributed by atoms with Gasteiger partial charge in [0, 0.05) is 12.0 Å². The van der Waals surface area contributed by atoms with Crippen LogP contribution in [-0.2, 0) is 4.79 Å². The second-order valence-corrected chi connectivity index (χ2v) is 10.1. The molecule has 0 rings (SSSR count). The maximum Gasteiger partial charge on any atom is 0.223 e. The Morgan fingerprint density at radius 2 is 1.11 bits per heavy atom. The van der Waals surface area contributed by atoms with Crippen molar-refractivity contribution < 1.29 is 4.79 Å². The van der Waals surface area contributed by atoms with Gasteiger partial charge in [0.15, 0.2) is 0 Å². The van der Waals surface area contributed by atoms with Crippen molar-refractivity contribution >= 4 is 5.91 Å². The second-order valence-electron chi connectivity index (χ2n) is 10.1. The third kappa shape index (κ3) is 15.4. The lowest BCUT2D eigenvalue weighted by atomic mass is 9.87. The topological polar surface area (TPSA) is 29.1 Å². The van der Waals surface area contributed by atoms with Crippen molar-refractivity contribution in [3.63, 3.8) is 0 Å². The van der Waals surface area contributed by atoms with Crippen LogP contribution in [-0.4, -0.2) is 11.9 Å². The molecule has 0 heterocycles. The van der Waals surface area contributed by atoms with E-state index in [1.807, 2.05) is 0 Å². The molecule has 2 heteroatoms. The van der Waals surface area contributed by atoms with E-state index in [1.54, 1.807) is 0 Å². The largest absolute Gasteiger partial charge is 0.353 e. The molecule has 0 aromatic rings. The molecule has 1 amide bonds. The molecule has 1 N–H and O–H groups in total. The lowest BCUT2D eigenvalue weighted by molar-refractivity contribution is -0.126. The molecule has 0 fully saturated rings. The van der Waals surface area contributed by atoms with Gasteiger partial charge in [-0.25, -0.2) is 0 Å². The Morgan fingerprint density at radius 1 is 0.714 bits per heavy atom. The molecule has 28 heavy (non-hydrogen) atoms. The highest BCUT2D eigenvalue weighted by Gasteiger charge is 2.24. The molecule has 2 nitrogen and oxygen atoms in total. The number of carbonyl (C=O) groups excluding carboxylic acids is 1. The molecule has 0 aromatic heterocycles. The van der Waals surface area contributed by atoms with Crippen molar-refractivity contribution in [3.05, 3.63) is 0 Å². The molecule has 0 aliphatic heterocycles. The highest BCUT2D eigenvalue weighted by molar-refractivity contribution is 5.78. The quantitative estimate of drug-likeness (QED) is 0.232. The Kier molecular flexibility index (Phi) is 17.0. The summed E-state index contributed by atoms with van der Waals surface area (Å²) in [5.74, 6) is 0.460. The van der Waals surface area contributed by atoms with E-state index in [-0.39, 0.29) is 23.3 Å². The minimum atomic E-state index is 0.128. The Hall–Kier alpha value is -0.530. The molecular formula is C26H53NO. The van der Waals surface area contributed by atoms with Crippen molar-refractivity contribution in [1.82, 2.24) is 5.32 Å². The first-order chi connectivity index (χ1) is 13.3. The maximum atomic E-state index is 12.5. The summed E-state index contributed by atoms with van der Waals surface area (Å²) in [6.45, 7) is 13.1. The van der Waals surface area contributed by atoms with E-state index in [2.05, 4.69) is 46.9 Å². The lowest BCUT2D eigenvalue weighted by Gasteiger charge is -2.29. The Labute approximate surface area is 178 Å². The second kappa shape index (κ2) is 17.3. The molecule has 0 aliphatic carbocycles. The smallest absolute Gasteiger partial charge is 0.223 e. The van der Waals surface area contributed by atoms with Crippen molar-refractivity contribution in [2.24, 2.45) is 11.3 Å². The third-order valence-electron chi connectivity index (χ3n) is 6.43. The monoisotopic (exact) mass is 395 g/mol. The van der Waals surface area contributed by atoms with E-state index in [1.165, 1.54) is 89.9 Å². The van der Waals surface area contributed by atoms with Crippen LogP contribution >= 0.6 is 0 Å². The standard InChI is InChI=1S/C26H53NO/c1-7-9-10-11-12-13-14-15-16-17-18-19-20-21-22-24(8-2)25(28)27-23(3)26(4,5)6/h23-24H,7-22H2,1-6H3,(H,27,28)/t23-,24?/m1/s1. The molecule has 0 aliphatic rings. The maximum absolute atomic E-state index is 12.5. The fourth-order valence-corrected chi connectivity index (χ4v) is 3.65. The van der Waals surface area contributed by atoms with E-state index in [4.69, 9.17) is 0 Å². The molecule has 2 atom stereocenters. The van der Waals surface area contributed by atoms with Crippen molar-refractivity contribution in [2.45, 2.75) is 150 Å². The van der Waals surface area contributed by atoms with Crippen LogP contribution in [0.3, 0.4) is 0 Å². The van der Waals surface area contributed by atoms with E-state index in [0.29, 0.717) is 0 Å². The van der Waals surface area contributed by atoms with Crippen LogP contribution in [0.25, 0.3) is 0 Å². The SMILES string of the molecule is CCCCCCCCCCCCCCCCC(CC)C(=O)N[C@H](C)C(C)(C)C. The number of nitrogens with one attached hydrogen (secondary N) is 1. The molecule has 0 saturated heterocycles. The van der Waals surface area contributed by atoms with Crippen molar-refractivity contribution in [1.29, 1.82) is 0 Å². The summed E-state index contributed by atoms with van der Waals surface area (Å²) in [6, 6.07) is 0.227. The van der Waals surface area contributed by atoms with Crippen LogP contribution in [0.2, 0.25) is 0 Å². The molecular weight excluding hydrogens is 342 g/mol. The van der Waals surface area contributed by atoms with Crippen molar-refractivity contribution in [2.75, 3.05) is 0 Å². The zero-order valence-corrected chi connectivity index (χ0v) is 20.4. The highest BCUT2D eigenvalue weighted by Crippen LogP contribution is 2.21. The molecule has 1 unspecified atom stereocenters. The average Bonchev–Trinajstić information content (AvgIpc) is 2.64. The summed E-state index contributed by atoms with van der Waals surface area (Å²) in [6.07, 6.45) is 21.4. The minimum absolute atomic E-state index is 0.128. The number of amides is 1. The van der Waals surface area contributed by atoms with Gasteiger partial charge in [-0.15, -0.1) is 0 Å². The van der Waals surface area contributed by atoms with Gasteiger partial charge in [-0.05, 0) is 25.2 Å². The molecule has 0 spiro atoms. The summed E-state index contributed by atoms with van der Waals surface area (Å²) >= 11 is 0. The van der Waals surface area contributed by atoms with Gasteiger partial charge in [-0.2, -0.15) is 0 Å². The summed E-state index contributed by atoms with van der Waals surface area (Å²) in [5.41, 5.74) is 0.128. The number of hydrogen-bond donors (Lipinski definition) is 1. The fourth-order valence-electron chi connectivity index (χ4n) is 3.65. The summed E-state index contributed by atoms with van der Waals surface area (Å²) in [7, 11) is 0. The fraction of sp³-hybridized carbons (Fsp3) is 0.962. The van der Waals surface area contributed by atoms with Gasteiger partial charge < -0.3 is 5.32 Å². The first kappa shape index (κ1) is 27.5. The van der Waals surface area contributed by atoms with Gasteiger partial charge >= 0.3 is 0 Å². The van der Waals surface area contributed by atoms with Crippen LogP contribution < -0.4 is 5.32 Å². The summed E-state index contributed by atoms with van der Waals surface area (Å²) in [4.78, 5) is 12.5. The van der Waals surface area contributed by atoms with E-state index >= 15 is 0 Å². The highest BCUT2D eigenvalue weighted by atomic mass is 16.1. The van der Waals surface area contributed by atoms with Crippen LogP contribution in [0.5, 0.6) is 0 Å². The van der Waals surface area contributed by atoms with E-state index in [0.717, 1.165) is 12.8 Å². The first-order valence-electron chi connectivity index (χ1n) is 12.6. The minimum Gasteiger partial charge on any atom is -0.353 e. The number of rotatable bonds is 18. The first-order valence-corrected chi connectivity index (χ1v) is 12.6. The van der Waals surface area contributed by atoms with Crippen molar-refractivity contribution in [3.8, 4) is 0 Å². The molecule has 168 valence electrons. The normalized spacial score (nSPS) is 14.1. The van der Waals surface area contributed by atoms with Gasteiger partial charge in [0.25, 0.3) is 0 Å². The van der Waals surface area contributed by atoms with Gasteiger partial charge in [0.1, 0.15) is 0 Å². The van der Waals surface area contributed by atoms with Gasteiger partial charge in [0.2, 0.25) is 5.91 Å². The predicted octanol–water partition coefficient (Wildman–Crippen LogP) is 8.43. The predicted molar refractivity (Wildman–Crippen MR) is 126 cm³/mol. The van der Waals surface area contributed by atoms with Crippen LogP contribution in [0.1, 0.15) is 144 Å². The lowest BCUT2D eigenvalue weighted by Crippen LogP contribution is -2.44. The van der Waals surface area contributed by atoms with Crippen LogP contribution in [0.15, 0.2) is 0 Å². The van der Waals surface area contributed by atoms with E-state index < -0.39 is 0 Å². The summed E-state index contributed by atoms with van der Waals surface area (Å²) in [5, 5.41) is 3.23. The number of hydrogen-bond acceptors (Lipinski definition) is 1. The summed E-state index contributed by atoms with van der Waals surface area (Å²) < 4.78 is 0. The van der Waals surface area contributed by atoms with Gasteiger partial charge in [-0.3, -0.25) is 4.79 Å². The molecule has 0 radical (unpaired) electrons. The zero-order chi connectivity index (χ0) is 21.3. The zero-order valence-electron chi connectivity index (χ0n) is 20.4. The molecule has 0 saturated carbocycles. The Bertz CT molecular complexity index is 358.